The van der Waals surface area contributed by atoms with Crippen molar-refractivity contribution in [1.82, 2.24) is 14.1 Å². The van der Waals surface area contributed by atoms with E-state index in [1.54, 1.807) is 18.7 Å². The molecule has 0 radical (unpaired) electrons. The van der Waals surface area contributed by atoms with Crippen LogP contribution in [0.1, 0.15) is 12.1 Å². The lowest BCUT2D eigenvalue weighted by Crippen LogP contribution is -2.32. The highest BCUT2D eigenvalue weighted by Crippen LogP contribution is 2.22. The van der Waals surface area contributed by atoms with Gasteiger partial charge in [0.25, 0.3) is 0 Å². The molecule has 0 unspecified atom stereocenters. The topological polar surface area (TPSA) is 81.2 Å². The van der Waals surface area contributed by atoms with Crippen LogP contribution in [0.15, 0.2) is 11.1 Å². The van der Waals surface area contributed by atoms with Gasteiger partial charge in [-0.05, 0) is 13.3 Å². The van der Waals surface area contributed by atoms with Gasteiger partial charge in [-0.15, -0.1) is 12.4 Å². The van der Waals surface area contributed by atoms with E-state index in [0.717, 1.165) is 6.42 Å². The number of rotatable bonds is 2. The molecule has 0 amide bonds. The summed E-state index contributed by atoms with van der Waals surface area (Å²) in [5, 5.41) is 3.95. The highest BCUT2D eigenvalue weighted by atomic mass is 35.5. The molecule has 1 atom stereocenters. The lowest BCUT2D eigenvalue weighted by Gasteiger charge is -2.15. The van der Waals surface area contributed by atoms with Gasteiger partial charge in [-0.3, -0.25) is 4.68 Å². The molecule has 1 aliphatic heterocycles. The van der Waals surface area contributed by atoms with E-state index in [1.165, 1.54) is 10.5 Å². The smallest absolute Gasteiger partial charge is 0.246 e. The SMILES string of the molecule is Cc1c(S(=O)(=O)N2CC[C@H](N)C2)cnn1C.Cl. The van der Waals surface area contributed by atoms with E-state index in [2.05, 4.69) is 5.10 Å². The van der Waals surface area contributed by atoms with E-state index >= 15 is 0 Å². The summed E-state index contributed by atoms with van der Waals surface area (Å²) in [4.78, 5) is 0.282. The molecular weight excluding hydrogens is 264 g/mol. The summed E-state index contributed by atoms with van der Waals surface area (Å²) in [6.45, 7) is 2.64. The van der Waals surface area contributed by atoms with E-state index in [9.17, 15) is 8.42 Å². The third kappa shape index (κ3) is 2.47. The zero-order valence-electron chi connectivity index (χ0n) is 9.83. The Labute approximate surface area is 107 Å². The second-order valence-corrected chi connectivity index (χ2v) is 6.04. The van der Waals surface area contributed by atoms with Gasteiger partial charge in [-0.1, -0.05) is 0 Å². The number of aromatic nitrogens is 2. The van der Waals surface area contributed by atoms with Gasteiger partial charge in [0.05, 0.1) is 11.9 Å². The van der Waals surface area contributed by atoms with Gasteiger partial charge < -0.3 is 5.73 Å². The minimum absolute atomic E-state index is 0. The van der Waals surface area contributed by atoms with Gasteiger partial charge in [0.15, 0.2) is 0 Å². The second-order valence-electron chi connectivity index (χ2n) is 4.13. The van der Waals surface area contributed by atoms with Crippen molar-refractivity contribution in [3.8, 4) is 0 Å². The molecule has 2 rings (SSSR count). The summed E-state index contributed by atoms with van der Waals surface area (Å²) in [7, 11) is -1.69. The number of nitrogens with zero attached hydrogens (tertiary/aromatic N) is 3. The summed E-state index contributed by atoms with van der Waals surface area (Å²) >= 11 is 0. The molecule has 1 aromatic heterocycles. The summed E-state index contributed by atoms with van der Waals surface area (Å²) in [6.07, 6.45) is 2.12. The molecule has 98 valence electrons. The van der Waals surface area contributed by atoms with Crippen LogP contribution in [-0.2, 0) is 17.1 Å². The van der Waals surface area contributed by atoms with E-state index in [0.29, 0.717) is 18.8 Å². The van der Waals surface area contributed by atoms with Crippen LogP contribution >= 0.6 is 12.4 Å². The molecule has 1 fully saturated rings. The molecule has 0 bridgehead atoms. The quantitative estimate of drug-likeness (QED) is 0.818. The Morgan fingerprint density at radius 2 is 2.18 bits per heavy atom. The number of aryl methyl sites for hydroxylation is 1. The highest BCUT2D eigenvalue weighted by molar-refractivity contribution is 7.89. The summed E-state index contributed by atoms with van der Waals surface area (Å²) < 4.78 is 27.5. The van der Waals surface area contributed by atoms with E-state index in [-0.39, 0.29) is 23.3 Å². The van der Waals surface area contributed by atoms with Crippen molar-refractivity contribution in [3.63, 3.8) is 0 Å². The first-order chi connectivity index (χ1) is 7.43. The van der Waals surface area contributed by atoms with E-state index < -0.39 is 10.0 Å². The van der Waals surface area contributed by atoms with Crippen molar-refractivity contribution in [1.29, 1.82) is 0 Å². The van der Waals surface area contributed by atoms with Crippen LogP contribution in [0.4, 0.5) is 0 Å². The predicted octanol–water partition coefficient (Wildman–Crippen LogP) is -0.128. The third-order valence-electron chi connectivity index (χ3n) is 3.00. The van der Waals surface area contributed by atoms with Gasteiger partial charge in [0.2, 0.25) is 10.0 Å². The molecule has 0 aromatic carbocycles. The molecule has 1 saturated heterocycles. The molecular formula is C9H17ClN4O2S. The Bertz CT molecular complexity index is 499. The molecule has 2 heterocycles. The number of sulfonamides is 1. The Morgan fingerprint density at radius 3 is 2.59 bits per heavy atom. The second kappa shape index (κ2) is 4.93. The standard InChI is InChI=1S/C9H16N4O2S.ClH/c1-7-9(5-11-12(7)2)16(14,15)13-4-3-8(10)6-13;/h5,8H,3-4,6,10H2,1-2H3;1H/t8-;/m0./s1. The first-order valence-corrected chi connectivity index (χ1v) is 6.61. The fourth-order valence-electron chi connectivity index (χ4n) is 1.84. The summed E-state index contributed by atoms with van der Waals surface area (Å²) in [6, 6.07) is -0.0493. The Morgan fingerprint density at radius 1 is 1.53 bits per heavy atom. The number of hydrogen-bond acceptors (Lipinski definition) is 4. The molecule has 17 heavy (non-hydrogen) atoms. The first kappa shape index (κ1) is 14.4. The minimum Gasteiger partial charge on any atom is -0.326 e. The van der Waals surface area contributed by atoms with Crippen molar-refractivity contribution < 1.29 is 8.42 Å². The van der Waals surface area contributed by atoms with Crippen molar-refractivity contribution in [3.05, 3.63) is 11.9 Å². The van der Waals surface area contributed by atoms with Gasteiger partial charge >= 0.3 is 0 Å². The average molecular weight is 281 g/mol. The van der Waals surface area contributed by atoms with Crippen LogP contribution in [-0.4, -0.2) is 41.6 Å². The van der Waals surface area contributed by atoms with E-state index in [4.69, 9.17) is 5.73 Å². The molecule has 0 aliphatic carbocycles. The van der Waals surface area contributed by atoms with Crippen LogP contribution in [0.25, 0.3) is 0 Å². The van der Waals surface area contributed by atoms with Crippen molar-refractivity contribution in [2.75, 3.05) is 13.1 Å². The number of hydrogen-bond donors (Lipinski definition) is 1. The zero-order chi connectivity index (χ0) is 11.9. The van der Waals surface area contributed by atoms with Crippen LogP contribution in [0, 0.1) is 6.92 Å². The largest absolute Gasteiger partial charge is 0.326 e. The van der Waals surface area contributed by atoms with Crippen molar-refractivity contribution in [2.45, 2.75) is 24.3 Å². The summed E-state index contributed by atoms with van der Waals surface area (Å²) in [5.74, 6) is 0. The molecule has 1 aromatic rings. The molecule has 0 saturated carbocycles. The monoisotopic (exact) mass is 280 g/mol. The van der Waals surface area contributed by atoms with Gasteiger partial charge in [-0.2, -0.15) is 9.40 Å². The maximum Gasteiger partial charge on any atom is 0.246 e. The number of halogens is 1. The third-order valence-corrected chi connectivity index (χ3v) is 4.96. The predicted molar refractivity (Wildman–Crippen MR) is 66.5 cm³/mol. The Hall–Kier alpha value is -0.630. The maximum absolute atomic E-state index is 12.2. The Balaban J connectivity index is 0.00000144. The van der Waals surface area contributed by atoms with Crippen LogP contribution in [0.5, 0.6) is 0 Å². The first-order valence-electron chi connectivity index (χ1n) is 5.17. The highest BCUT2D eigenvalue weighted by Gasteiger charge is 2.32. The molecule has 6 nitrogen and oxygen atoms in total. The fourth-order valence-corrected chi connectivity index (χ4v) is 3.54. The molecule has 8 heteroatoms. The molecule has 2 N–H and O–H groups in total. The maximum atomic E-state index is 12.2. The van der Waals surface area contributed by atoms with Crippen LogP contribution in [0.2, 0.25) is 0 Å². The summed E-state index contributed by atoms with van der Waals surface area (Å²) in [5.41, 5.74) is 6.37. The van der Waals surface area contributed by atoms with Crippen LogP contribution < -0.4 is 5.73 Å². The Kier molecular flexibility index (Phi) is 4.19. The number of nitrogens with two attached hydrogens (primary N) is 1. The normalized spacial score (nSPS) is 21.5. The van der Waals surface area contributed by atoms with Gasteiger partial charge in [-0.25, -0.2) is 8.42 Å². The van der Waals surface area contributed by atoms with Crippen LogP contribution in [0.3, 0.4) is 0 Å². The minimum atomic E-state index is -3.41. The fraction of sp³-hybridized carbons (Fsp3) is 0.667. The molecule has 1 aliphatic rings. The van der Waals surface area contributed by atoms with Gasteiger partial charge in [0, 0.05) is 26.2 Å². The lowest BCUT2D eigenvalue weighted by molar-refractivity contribution is 0.472. The lowest BCUT2D eigenvalue weighted by atomic mass is 10.3. The van der Waals surface area contributed by atoms with Crippen molar-refractivity contribution in [2.24, 2.45) is 12.8 Å². The van der Waals surface area contributed by atoms with Crippen molar-refractivity contribution >= 4 is 22.4 Å². The average Bonchev–Trinajstić information content (AvgIpc) is 2.76. The van der Waals surface area contributed by atoms with E-state index in [1.807, 2.05) is 0 Å². The molecule has 0 spiro atoms. The zero-order valence-corrected chi connectivity index (χ0v) is 11.5. The van der Waals surface area contributed by atoms with Gasteiger partial charge in [0.1, 0.15) is 4.90 Å².